The van der Waals surface area contributed by atoms with Crippen LogP contribution in [0, 0.1) is 11.8 Å². The molecule has 276 valence electrons. The van der Waals surface area contributed by atoms with E-state index in [-0.39, 0.29) is 23.9 Å². The fourth-order valence-electron chi connectivity index (χ4n) is 7.04. The second-order valence-electron chi connectivity index (χ2n) is 15.1. The van der Waals surface area contributed by atoms with Crippen LogP contribution in [0.5, 0.6) is 5.75 Å². The van der Waals surface area contributed by atoms with Crippen LogP contribution in [-0.2, 0) is 29.3 Å². The third kappa shape index (κ3) is 7.74. The maximum absolute atomic E-state index is 13.3. The lowest BCUT2D eigenvalue weighted by atomic mass is 9.92. The van der Waals surface area contributed by atoms with Crippen LogP contribution in [0.15, 0.2) is 48.7 Å². The number of imidazole rings is 2. The number of aromatic amines is 2. The molecular formula is C43H56N6O3. The molecule has 2 N–H and O–H groups in total. The SMILES string of the molecule is CC[C@H](C)CC(=O)N(Cc1ncc(-c2ccc3c(c2)COc2cc4c(ccc5nc(CN(C(=O)C[C@@H](C)CC)[C@@H](C)CC)[nH]c54)cc2-3)[nH]1)[C@@H](C)CC. The maximum atomic E-state index is 13.3. The molecule has 6 rings (SSSR count). The molecule has 2 amide bonds. The summed E-state index contributed by atoms with van der Waals surface area (Å²) in [4.78, 5) is 47.1. The van der Waals surface area contributed by atoms with Crippen LogP contribution >= 0.6 is 0 Å². The van der Waals surface area contributed by atoms with Gasteiger partial charge in [0.25, 0.3) is 0 Å². The number of ether oxygens (including phenoxy) is 1. The monoisotopic (exact) mass is 704 g/mol. The molecule has 0 saturated heterocycles. The summed E-state index contributed by atoms with van der Waals surface area (Å²) in [5.41, 5.74) is 7.13. The summed E-state index contributed by atoms with van der Waals surface area (Å²) in [6.07, 6.45) is 6.74. The number of carbonyl (C=O) groups is 2. The molecule has 0 fully saturated rings. The molecule has 9 nitrogen and oxygen atoms in total. The van der Waals surface area contributed by atoms with E-state index < -0.39 is 0 Å². The fraction of sp³-hybridized carbons (Fsp3) is 0.488. The Kier molecular flexibility index (Phi) is 11.4. The first kappa shape index (κ1) is 37.1. The van der Waals surface area contributed by atoms with E-state index in [0.717, 1.165) is 92.8 Å². The summed E-state index contributed by atoms with van der Waals surface area (Å²) in [6, 6.07) is 15.3. The topological polar surface area (TPSA) is 107 Å². The van der Waals surface area contributed by atoms with Crippen molar-refractivity contribution in [3.05, 3.63) is 65.9 Å². The van der Waals surface area contributed by atoms with Gasteiger partial charge in [-0.05, 0) is 84.9 Å². The van der Waals surface area contributed by atoms with E-state index in [1.54, 1.807) is 0 Å². The minimum absolute atomic E-state index is 0.132. The lowest BCUT2D eigenvalue weighted by Crippen LogP contribution is -2.38. The number of carbonyl (C=O) groups excluding carboxylic acids is 2. The number of fused-ring (bicyclic) bond motifs is 6. The number of hydrogen-bond acceptors (Lipinski definition) is 5. The van der Waals surface area contributed by atoms with Crippen LogP contribution in [0.4, 0.5) is 0 Å². The Balaban J connectivity index is 1.24. The highest BCUT2D eigenvalue weighted by Crippen LogP contribution is 2.42. The Hall–Kier alpha value is -4.66. The third-order valence-corrected chi connectivity index (χ3v) is 11.3. The van der Waals surface area contributed by atoms with Gasteiger partial charge < -0.3 is 24.5 Å². The molecule has 3 aromatic carbocycles. The molecule has 1 aliphatic heterocycles. The van der Waals surface area contributed by atoms with Crippen LogP contribution in [0.1, 0.15) is 111 Å². The first-order chi connectivity index (χ1) is 25.0. The molecule has 0 spiro atoms. The number of rotatable bonds is 15. The van der Waals surface area contributed by atoms with Crippen molar-refractivity contribution in [2.75, 3.05) is 0 Å². The maximum Gasteiger partial charge on any atom is 0.223 e. The molecule has 4 atom stereocenters. The van der Waals surface area contributed by atoms with Crippen molar-refractivity contribution in [1.82, 2.24) is 29.7 Å². The molecule has 0 radical (unpaired) electrons. The molecule has 2 aromatic heterocycles. The first-order valence-electron chi connectivity index (χ1n) is 19.4. The van der Waals surface area contributed by atoms with E-state index in [1.807, 2.05) is 16.0 Å². The molecule has 3 heterocycles. The molecular weight excluding hydrogens is 649 g/mol. The first-order valence-corrected chi connectivity index (χ1v) is 19.4. The number of aromatic nitrogens is 4. The van der Waals surface area contributed by atoms with Gasteiger partial charge in [-0.25, -0.2) is 9.97 Å². The number of H-pyrrole nitrogens is 2. The summed E-state index contributed by atoms with van der Waals surface area (Å²) in [6.45, 7) is 18.4. The molecule has 0 bridgehead atoms. The minimum Gasteiger partial charge on any atom is -0.488 e. The number of benzene rings is 3. The largest absolute Gasteiger partial charge is 0.488 e. The van der Waals surface area contributed by atoms with Crippen molar-refractivity contribution in [2.45, 2.75) is 126 Å². The van der Waals surface area contributed by atoms with Gasteiger partial charge in [0.1, 0.15) is 24.0 Å². The van der Waals surface area contributed by atoms with Gasteiger partial charge in [-0.3, -0.25) is 9.59 Å². The number of hydrogen-bond donors (Lipinski definition) is 2. The molecule has 1 aliphatic rings. The average Bonchev–Trinajstić information content (AvgIpc) is 3.81. The smallest absolute Gasteiger partial charge is 0.223 e. The van der Waals surface area contributed by atoms with Crippen LogP contribution in [0.25, 0.3) is 44.2 Å². The van der Waals surface area contributed by atoms with Crippen LogP contribution in [-0.4, -0.2) is 53.6 Å². The normalized spacial score (nSPS) is 14.7. The highest BCUT2D eigenvalue weighted by Gasteiger charge is 2.25. The standard InChI is InChI=1S/C43H56N6O3/c1-9-26(5)17-41(50)48(28(7)11-3)23-39-44-22-37(46-39)31-13-15-33-32(19-31)25-52-38-21-34-30(20-35(33)38)14-16-36-43(34)47-40(45-36)24-49(29(8)12-4)42(51)18-27(6)10-2/h13-16,19-22,26-29H,9-12,17-18,23-25H2,1-8H3,(H,44,46)(H,45,47)/t26-,27-,28-,29-/m0/s1. The fourth-order valence-corrected chi connectivity index (χ4v) is 7.04. The number of nitrogens with zero attached hydrogens (tertiary/aromatic N) is 4. The van der Waals surface area contributed by atoms with Gasteiger partial charge in [-0.2, -0.15) is 0 Å². The predicted octanol–water partition coefficient (Wildman–Crippen LogP) is 9.79. The lowest BCUT2D eigenvalue weighted by Gasteiger charge is -2.29. The van der Waals surface area contributed by atoms with Crippen molar-refractivity contribution < 1.29 is 14.3 Å². The van der Waals surface area contributed by atoms with Crippen molar-refractivity contribution in [2.24, 2.45) is 11.8 Å². The lowest BCUT2D eigenvalue weighted by molar-refractivity contribution is -0.135. The second-order valence-corrected chi connectivity index (χ2v) is 15.1. The molecule has 0 unspecified atom stereocenters. The Bertz CT molecular complexity index is 2050. The van der Waals surface area contributed by atoms with Crippen LogP contribution in [0.3, 0.4) is 0 Å². The summed E-state index contributed by atoms with van der Waals surface area (Å²) in [5.74, 6) is 3.51. The molecule has 9 heteroatoms. The van der Waals surface area contributed by atoms with E-state index >= 15 is 0 Å². The van der Waals surface area contributed by atoms with Gasteiger partial charge in [0, 0.05) is 35.9 Å². The van der Waals surface area contributed by atoms with Crippen LogP contribution in [0.2, 0.25) is 0 Å². The Morgan fingerprint density at radius 3 is 2.06 bits per heavy atom. The summed E-state index contributed by atoms with van der Waals surface area (Å²) in [7, 11) is 0. The van der Waals surface area contributed by atoms with Crippen molar-refractivity contribution in [3.8, 4) is 28.1 Å². The van der Waals surface area contributed by atoms with Crippen molar-refractivity contribution in [3.63, 3.8) is 0 Å². The quantitative estimate of drug-likeness (QED) is 0.113. The zero-order chi connectivity index (χ0) is 37.1. The Morgan fingerprint density at radius 2 is 1.42 bits per heavy atom. The van der Waals surface area contributed by atoms with Crippen molar-refractivity contribution in [1.29, 1.82) is 0 Å². The van der Waals surface area contributed by atoms with Gasteiger partial charge in [-0.1, -0.05) is 72.6 Å². The zero-order valence-corrected chi connectivity index (χ0v) is 32.3. The van der Waals surface area contributed by atoms with E-state index in [1.165, 1.54) is 0 Å². The number of nitrogens with one attached hydrogen (secondary N) is 2. The second kappa shape index (κ2) is 15.9. The van der Waals surface area contributed by atoms with E-state index in [0.29, 0.717) is 44.4 Å². The summed E-state index contributed by atoms with van der Waals surface area (Å²) >= 11 is 0. The summed E-state index contributed by atoms with van der Waals surface area (Å²) in [5, 5.41) is 2.15. The van der Waals surface area contributed by atoms with E-state index in [9.17, 15) is 9.59 Å². The average molecular weight is 705 g/mol. The third-order valence-electron chi connectivity index (χ3n) is 11.3. The van der Waals surface area contributed by atoms with Gasteiger partial charge in [-0.15, -0.1) is 0 Å². The van der Waals surface area contributed by atoms with Crippen LogP contribution < -0.4 is 4.74 Å². The minimum atomic E-state index is 0.132. The highest BCUT2D eigenvalue weighted by molar-refractivity contribution is 6.07. The highest BCUT2D eigenvalue weighted by atomic mass is 16.5. The zero-order valence-electron chi connectivity index (χ0n) is 32.3. The Labute approximate surface area is 308 Å². The molecule has 0 aliphatic carbocycles. The molecule has 52 heavy (non-hydrogen) atoms. The van der Waals surface area contributed by atoms with Gasteiger partial charge >= 0.3 is 0 Å². The van der Waals surface area contributed by atoms with Gasteiger partial charge in [0.05, 0.1) is 36.0 Å². The van der Waals surface area contributed by atoms with Gasteiger partial charge in [0.2, 0.25) is 11.8 Å². The van der Waals surface area contributed by atoms with E-state index in [2.05, 4.69) is 113 Å². The predicted molar refractivity (Wildman–Crippen MR) is 210 cm³/mol. The van der Waals surface area contributed by atoms with E-state index in [4.69, 9.17) is 9.72 Å². The number of amides is 2. The molecule has 0 saturated carbocycles. The Morgan fingerprint density at radius 1 is 0.769 bits per heavy atom. The summed E-state index contributed by atoms with van der Waals surface area (Å²) < 4.78 is 6.40. The van der Waals surface area contributed by atoms with Gasteiger partial charge in [0.15, 0.2) is 0 Å². The van der Waals surface area contributed by atoms with Crippen molar-refractivity contribution >= 4 is 33.6 Å². The molecule has 5 aromatic rings.